The van der Waals surface area contributed by atoms with Crippen molar-refractivity contribution in [2.75, 3.05) is 13.7 Å². The Bertz CT molecular complexity index is 86.6. The highest BCUT2D eigenvalue weighted by Crippen LogP contribution is 1.77. The largest absolute Gasteiger partial charge is 0.409 e. The molecule has 0 heterocycles. The quantitative estimate of drug-likeness (QED) is 0.264. The molecule has 0 rings (SSSR count). The molecule has 9 heavy (non-hydrogen) atoms. The molecular weight excluding hydrogens is 144 g/mol. The van der Waals surface area contributed by atoms with Gasteiger partial charge in [-0.1, -0.05) is 5.16 Å². The van der Waals surface area contributed by atoms with Crippen LogP contribution in [0.4, 0.5) is 0 Å². The Hall–Kier alpha value is -0.480. The number of nitrogens with two attached hydrogens (primary N) is 1. The number of hydrogen-bond acceptors (Lipinski definition) is 3. The van der Waals surface area contributed by atoms with Crippen molar-refractivity contribution in [2.45, 2.75) is 6.42 Å². The van der Waals surface area contributed by atoms with E-state index in [1.807, 2.05) is 0 Å². The number of rotatable bonds is 3. The van der Waals surface area contributed by atoms with Gasteiger partial charge in [-0.3, -0.25) is 0 Å². The van der Waals surface area contributed by atoms with Gasteiger partial charge in [-0.25, -0.2) is 0 Å². The van der Waals surface area contributed by atoms with E-state index in [0.717, 1.165) is 0 Å². The summed E-state index contributed by atoms with van der Waals surface area (Å²) in [5, 5.41) is 10.7. The van der Waals surface area contributed by atoms with Crippen LogP contribution in [0, 0.1) is 0 Å². The molecule has 0 amide bonds. The molecule has 5 heteroatoms. The summed E-state index contributed by atoms with van der Waals surface area (Å²) >= 11 is 0. The lowest BCUT2D eigenvalue weighted by molar-refractivity contribution is 0.205. The first-order valence-electron chi connectivity index (χ1n) is 2.26. The van der Waals surface area contributed by atoms with E-state index in [1.165, 1.54) is 0 Å². The van der Waals surface area contributed by atoms with Crippen molar-refractivity contribution in [2.24, 2.45) is 10.9 Å². The second-order valence-corrected chi connectivity index (χ2v) is 1.33. The number of oxime groups is 1. The molecule has 0 saturated heterocycles. The highest BCUT2D eigenvalue weighted by molar-refractivity contribution is 5.85. The molecule has 0 fully saturated rings. The molecule has 0 saturated carbocycles. The van der Waals surface area contributed by atoms with Crippen LogP contribution in [0.3, 0.4) is 0 Å². The van der Waals surface area contributed by atoms with E-state index in [9.17, 15) is 0 Å². The van der Waals surface area contributed by atoms with Crippen molar-refractivity contribution in [3.8, 4) is 0 Å². The fourth-order valence-corrected chi connectivity index (χ4v) is 0.257. The van der Waals surface area contributed by atoms with Crippen LogP contribution in [0.1, 0.15) is 6.42 Å². The zero-order chi connectivity index (χ0) is 6.41. The summed E-state index contributed by atoms with van der Waals surface area (Å²) in [7, 11) is 1.56. The molecule has 0 unspecified atom stereocenters. The van der Waals surface area contributed by atoms with Crippen LogP contribution < -0.4 is 5.73 Å². The summed E-state index contributed by atoms with van der Waals surface area (Å²) in [5.74, 6) is 0.201. The fourth-order valence-electron chi connectivity index (χ4n) is 0.257. The normalized spacial score (nSPS) is 10.6. The Morgan fingerprint density at radius 2 is 2.33 bits per heavy atom. The Labute approximate surface area is 60.1 Å². The summed E-state index contributed by atoms with van der Waals surface area (Å²) in [6.45, 7) is 0.496. The molecule has 56 valence electrons. The van der Waals surface area contributed by atoms with Crippen molar-refractivity contribution in [1.29, 1.82) is 0 Å². The zero-order valence-electron chi connectivity index (χ0n) is 5.20. The first-order valence-corrected chi connectivity index (χ1v) is 2.26. The molecular formula is C4H11ClN2O2. The van der Waals surface area contributed by atoms with Gasteiger partial charge in [0, 0.05) is 13.5 Å². The second-order valence-electron chi connectivity index (χ2n) is 1.33. The molecule has 0 aromatic rings. The number of halogens is 1. The van der Waals surface area contributed by atoms with Gasteiger partial charge in [0.15, 0.2) is 0 Å². The summed E-state index contributed by atoms with van der Waals surface area (Å²) in [5.41, 5.74) is 5.08. The van der Waals surface area contributed by atoms with E-state index in [0.29, 0.717) is 13.0 Å². The van der Waals surface area contributed by atoms with Gasteiger partial charge < -0.3 is 15.7 Å². The topological polar surface area (TPSA) is 67.8 Å². The molecule has 0 aliphatic carbocycles. The van der Waals surface area contributed by atoms with E-state index in [-0.39, 0.29) is 18.2 Å². The van der Waals surface area contributed by atoms with Gasteiger partial charge in [0.1, 0.15) is 5.84 Å². The summed E-state index contributed by atoms with van der Waals surface area (Å²) in [6.07, 6.45) is 0.479. The number of hydrogen-bond donors (Lipinski definition) is 2. The predicted molar refractivity (Wildman–Crippen MR) is 37.1 cm³/mol. The SMILES string of the molecule is COCCC(N)=NO.Cl. The highest BCUT2D eigenvalue weighted by atomic mass is 35.5. The van der Waals surface area contributed by atoms with Gasteiger partial charge in [-0.15, -0.1) is 12.4 Å². The molecule has 0 aliphatic heterocycles. The van der Waals surface area contributed by atoms with Crippen LogP contribution in [0.15, 0.2) is 5.16 Å². The van der Waals surface area contributed by atoms with Crippen molar-refractivity contribution < 1.29 is 9.94 Å². The van der Waals surface area contributed by atoms with Crippen molar-refractivity contribution in [1.82, 2.24) is 0 Å². The van der Waals surface area contributed by atoms with Crippen molar-refractivity contribution >= 4 is 18.2 Å². The summed E-state index contributed by atoms with van der Waals surface area (Å²) in [4.78, 5) is 0. The Kier molecular flexibility index (Phi) is 9.47. The third kappa shape index (κ3) is 7.52. The van der Waals surface area contributed by atoms with E-state index in [1.54, 1.807) is 7.11 Å². The lowest BCUT2D eigenvalue weighted by Gasteiger charge is -1.93. The standard InChI is InChI=1S/C4H10N2O2.ClH/c1-8-3-2-4(5)6-7;/h7H,2-3H2,1H3,(H2,5,6);1H. The average molecular weight is 155 g/mol. The third-order valence-corrected chi connectivity index (χ3v) is 0.691. The number of amidine groups is 1. The lowest BCUT2D eigenvalue weighted by Crippen LogP contribution is -2.13. The summed E-state index contributed by atoms with van der Waals surface area (Å²) < 4.78 is 4.64. The second kappa shape index (κ2) is 7.52. The van der Waals surface area contributed by atoms with Gasteiger partial charge in [0.25, 0.3) is 0 Å². The lowest BCUT2D eigenvalue weighted by atomic mass is 10.4. The molecule has 0 spiro atoms. The van der Waals surface area contributed by atoms with Crippen molar-refractivity contribution in [3.05, 3.63) is 0 Å². The first kappa shape index (κ1) is 11.3. The average Bonchev–Trinajstić information content (AvgIpc) is 1.83. The van der Waals surface area contributed by atoms with Crippen LogP contribution in [0.2, 0.25) is 0 Å². The Morgan fingerprint density at radius 1 is 1.78 bits per heavy atom. The zero-order valence-corrected chi connectivity index (χ0v) is 6.02. The van der Waals surface area contributed by atoms with Gasteiger partial charge in [-0.05, 0) is 0 Å². The van der Waals surface area contributed by atoms with E-state index < -0.39 is 0 Å². The highest BCUT2D eigenvalue weighted by Gasteiger charge is 1.88. The maximum Gasteiger partial charge on any atom is 0.141 e. The third-order valence-electron chi connectivity index (χ3n) is 0.691. The van der Waals surface area contributed by atoms with Crippen LogP contribution in [-0.4, -0.2) is 24.8 Å². The molecule has 0 bridgehead atoms. The van der Waals surface area contributed by atoms with E-state index in [4.69, 9.17) is 10.9 Å². The van der Waals surface area contributed by atoms with Crippen LogP contribution in [-0.2, 0) is 4.74 Å². The molecule has 0 aliphatic rings. The molecule has 0 atom stereocenters. The smallest absolute Gasteiger partial charge is 0.141 e. The minimum Gasteiger partial charge on any atom is -0.409 e. The minimum absolute atomic E-state index is 0. The van der Waals surface area contributed by atoms with Crippen molar-refractivity contribution in [3.63, 3.8) is 0 Å². The van der Waals surface area contributed by atoms with Crippen LogP contribution in [0.25, 0.3) is 0 Å². The van der Waals surface area contributed by atoms with Gasteiger partial charge in [-0.2, -0.15) is 0 Å². The van der Waals surface area contributed by atoms with E-state index in [2.05, 4.69) is 9.89 Å². The monoisotopic (exact) mass is 154 g/mol. The maximum absolute atomic E-state index is 7.97. The van der Waals surface area contributed by atoms with E-state index >= 15 is 0 Å². The maximum atomic E-state index is 7.97. The molecule has 4 nitrogen and oxygen atoms in total. The Morgan fingerprint density at radius 3 is 2.67 bits per heavy atom. The van der Waals surface area contributed by atoms with Gasteiger partial charge in [0.05, 0.1) is 6.61 Å². The van der Waals surface area contributed by atoms with Gasteiger partial charge >= 0.3 is 0 Å². The predicted octanol–water partition coefficient (Wildman–Crippen LogP) is 0.191. The van der Waals surface area contributed by atoms with Gasteiger partial charge in [0.2, 0.25) is 0 Å². The van der Waals surface area contributed by atoms with Crippen LogP contribution in [0.5, 0.6) is 0 Å². The fraction of sp³-hybridized carbons (Fsp3) is 0.750. The molecule has 0 aromatic carbocycles. The molecule has 0 radical (unpaired) electrons. The molecule has 3 N–H and O–H groups in total. The number of ether oxygens (including phenoxy) is 1. The van der Waals surface area contributed by atoms with Crippen LogP contribution >= 0.6 is 12.4 Å². The summed E-state index contributed by atoms with van der Waals surface area (Å²) in [6, 6.07) is 0. The first-order chi connectivity index (χ1) is 3.81. The number of methoxy groups -OCH3 is 1. The minimum atomic E-state index is 0. The molecule has 0 aromatic heterocycles. The Balaban J connectivity index is 0. The number of nitrogens with zero attached hydrogens (tertiary/aromatic N) is 1.